The second-order valence-electron chi connectivity index (χ2n) is 7.69. The Balaban J connectivity index is 1.83. The number of carbonyl (C=O) groups excluding carboxylic acids is 2. The summed E-state index contributed by atoms with van der Waals surface area (Å²) in [6.07, 6.45) is 3.57. The molecule has 176 valence electrons. The summed E-state index contributed by atoms with van der Waals surface area (Å²) in [7, 11) is 4.55. The van der Waals surface area contributed by atoms with E-state index in [1.165, 1.54) is 14.2 Å². The molecule has 0 spiro atoms. The Labute approximate surface area is 192 Å². The predicted octanol–water partition coefficient (Wildman–Crippen LogP) is 4.44. The largest absolute Gasteiger partial charge is 0.496 e. The zero-order valence-corrected chi connectivity index (χ0v) is 19.0. The quantitative estimate of drug-likeness (QED) is 0.233. The van der Waals surface area contributed by atoms with Crippen molar-refractivity contribution in [2.24, 2.45) is 5.16 Å². The van der Waals surface area contributed by atoms with Crippen LogP contribution in [0.5, 0.6) is 5.75 Å². The van der Waals surface area contributed by atoms with Crippen molar-refractivity contribution in [3.8, 4) is 5.75 Å². The molecule has 3 N–H and O–H groups in total. The maximum Gasteiger partial charge on any atom is 0.411 e. The van der Waals surface area contributed by atoms with Crippen LogP contribution in [0.15, 0.2) is 41.6 Å². The van der Waals surface area contributed by atoms with E-state index in [1.54, 1.807) is 43.4 Å². The summed E-state index contributed by atoms with van der Waals surface area (Å²) in [4.78, 5) is 24.1. The number of amides is 1. The second kappa shape index (κ2) is 11.2. The summed E-state index contributed by atoms with van der Waals surface area (Å²) >= 11 is 0. The summed E-state index contributed by atoms with van der Waals surface area (Å²) in [5.41, 5.74) is 3.22. The molecule has 9 nitrogen and oxygen atoms in total. The first-order valence-corrected chi connectivity index (χ1v) is 10.7. The maximum absolute atomic E-state index is 12.3. The second-order valence-corrected chi connectivity index (χ2v) is 7.69. The minimum absolute atomic E-state index is 0.0453. The lowest BCUT2D eigenvalue weighted by atomic mass is 9.98. The van der Waals surface area contributed by atoms with Gasteiger partial charge in [0.05, 0.1) is 25.5 Å². The third kappa shape index (κ3) is 5.94. The Morgan fingerprint density at radius 2 is 1.88 bits per heavy atom. The molecule has 9 heteroatoms. The van der Waals surface area contributed by atoms with E-state index in [4.69, 9.17) is 14.2 Å². The summed E-state index contributed by atoms with van der Waals surface area (Å²) in [5.74, 6) is -0.0175. The molecule has 0 radical (unpaired) electrons. The van der Waals surface area contributed by atoms with Crippen LogP contribution >= 0.6 is 0 Å². The van der Waals surface area contributed by atoms with Gasteiger partial charge >= 0.3 is 12.1 Å². The molecule has 2 aromatic carbocycles. The lowest BCUT2D eigenvalue weighted by molar-refractivity contribution is 0.0600. The van der Waals surface area contributed by atoms with E-state index in [0.29, 0.717) is 39.5 Å². The number of methoxy groups -OCH3 is 2. The normalized spacial score (nSPS) is 14.0. The zero-order valence-electron chi connectivity index (χ0n) is 19.0. The molecule has 0 bridgehead atoms. The van der Waals surface area contributed by atoms with Crippen molar-refractivity contribution in [3.63, 3.8) is 0 Å². The van der Waals surface area contributed by atoms with Crippen LogP contribution in [0.3, 0.4) is 0 Å². The molecule has 1 amide bonds. The van der Waals surface area contributed by atoms with Gasteiger partial charge < -0.3 is 24.7 Å². The number of hydrogen-bond donors (Lipinski definition) is 3. The molecule has 1 saturated carbocycles. The maximum atomic E-state index is 12.3. The van der Waals surface area contributed by atoms with Crippen molar-refractivity contribution in [2.75, 3.05) is 31.9 Å². The van der Waals surface area contributed by atoms with Crippen LogP contribution in [-0.2, 0) is 15.9 Å². The molecule has 1 fully saturated rings. The highest BCUT2D eigenvalue weighted by molar-refractivity contribution is 6.07. The van der Waals surface area contributed by atoms with Crippen molar-refractivity contribution in [2.45, 2.75) is 38.2 Å². The molecule has 2 aromatic rings. The van der Waals surface area contributed by atoms with Crippen LogP contribution in [-0.4, -0.2) is 50.4 Å². The molecular weight excluding hydrogens is 426 g/mol. The van der Waals surface area contributed by atoms with Crippen molar-refractivity contribution >= 4 is 29.1 Å². The van der Waals surface area contributed by atoms with Gasteiger partial charge in [-0.1, -0.05) is 11.2 Å². The van der Waals surface area contributed by atoms with Gasteiger partial charge in [0.2, 0.25) is 0 Å². The van der Waals surface area contributed by atoms with E-state index >= 15 is 0 Å². The minimum atomic E-state index is -0.507. The molecule has 0 aliphatic heterocycles. The Kier molecular flexibility index (Phi) is 8.12. The molecule has 1 aliphatic rings. The van der Waals surface area contributed by atoms with Crippen molar-refractivity contribution in [1.82, 2.24) is 0 Å². The fraction of sp³-hybridized carbons (Fsp3) is 0.375. The van der Waals surface area contributed by atoms with Gasteiger partial charge in [-0.05, 0) is 56.0 Å². The van der Waals surface area contributed by atoms with Gasteiger partial charge in [0.1, 0.15) is 11.9 Å². The molecule has 0 aromatic heterocycles. The van der Waals surface area contributed by atoms with Crippen molar-refractivity contribution in [3.05, 3.63) is 53.1 Å². The molecule has 0 heterocycles. The lowest BCUT2D eigenvalue weighted by Gasteiger charge is -2.16. The Morgan fingerprint density at radius 3 is 2.52 bits per heavy atom. The predicted molar refractivity (Wildman–Crippen MR) is 125 cm³/mol. The number of anilines is 2. The molecule has 0 unspecified atom stereocenters. The molecule has 1 aliphatic carbocycles. The number of hydrogen-bond acceptors (Lipinski definition) is 8. The van der Waals surface area contributed by atoms with Gasteiger partial charge in [0.15, 0.2) is 0 Å². The molecule has 3 rings (SSSR count). The smallest absolute Gasteiger partial charge is 0.411 e. The number of ether oxygens (including phenoxy) is 3. The van der Waals surface area contributed by atoms with Crippen LogP contribution in [0.25, 0.3) is 0 Å². The fourth-order valence-electron chi connectivity index (χ4n) is 3.88. The fourth-order valence-corrected chi connectivity index (χ4v) is 3.88. The Bertz CT molecular complexity index is 1030. The SMILES string of the molecule is CNc1ccc(NC(=O)OC2CCCC2)cc1C(Cc1ccc(C(=O)OC)cc1OC)=NO. The lowest BCUT2D eigenvalue weighted by Crippen LogP contribution is -2.20. The first kappa shape index (κ1) is 23.9. The summed E-state index contributed by atoms with van der Waals surface area (Å²) < 4.78 is 15.6. The Morgan fingerprint density at radius 1 is 1.12 bits per heavy atom. The summed E-state index contributed by atoms with van der Waals surface area (Å²) in [6, 6.07) is 10.2. The van der Waals surface area contributed by atoms with E-state index in [1.807, 2.05) is 0 Å². The standard InChI is InChI=1S/C24H29N3O6/c1-25-20-11-10-17(26-24(29)33-18-6-4-5-7-18)14-19(20)21(27-30)12-15-8-9-16(23(28)32-3)13-22(15)31-2/h8-11,13-14,18,25,30H,4-7,12H2,1-3H3,(H,26,29). The van der Waals surface area contributed by atoms with Gasteiger partial charge in [0.25, 0.3) is 0 Å². The van der Waals surface area contributed by atoms with Crippen molar-refractivity contribution < 1.29 is 29.0 Å². The van der Waals surface area contributed by atoms with Gasteiger partial charge in [-0.3, -0.25) is 5.32 Å². The van der Waals surface area contributed by atoms with Crippen LogP contribution < -0.4 is 15.4 Å². The van der Waals surface area contributed by atoms with Gasteiger partial charge in [-0.2, -0.15) is 0 Å². The number of nitrogens with one attached hydrogen (secondary N) is 2. The van der Waals surface area contributed by atoms with E-state index < -0.39 is 12.1 Å². The zero-order chi connectivity index (χ0) is 23.8. The van der Waals surface area contributed by atoms with E-state index in [-0.39, 0.29) is 12.5 Å². The highest BCUT2D eigenvalue weighted by Gasteiger charge is 2.20. The topological polar surface area (TPSA) is 118 Å². The number of nitrogens with zero attached hydrogens (tertiary/aromatic N) is 1. The highest BCUT2D eigenvalue weighted by atomic mass is 16.6. The monoisotopic (exact) mass is 455 g/mol. The molecule has 0 atom stereocenters. The first-order valence-electron chi connectivity index (χ1n) is 10.7. The summed E-state index contributed by atoms with van der Waals surface area (Å²) in [6.45, 7) is 0. The average molecular weight is 456 g/mol. The van der Waals surface area contributed by atoms with Crippen LogP contribution in [0.4, 0.5) is 16.2 Å². The molecule has 33 heavy (non-hydrogen) atoms. The van der Waals surface area contributed by atoms with Gasteiger partial charge in [0, 0.05) is 36.0 Å². The molecular formula is C24H29N3O6. The van der Waals surface area contributed by atoms with E-state index in [2.05, 4.69) is 15.8 Å². The first-order chi connectivity index (χ1) is 16.0. The van der Waals surface area contributed by atoms with Gasteiger partial charge in [-0.15, -0.1) is 0 Å². The van der Waals surface area contributed by atoms with E-state index in [0.717, 1.165) is 25.7 Å². The number of oxime groups is 1. The Hall–Kier alpha value is -3.75. The minimum Gasteiger partial charge on any atom is -0.496 e. The van der Waals surface area contributed by atoms with Crippen LogP contribution in [0, 0.1) is 0 Å². The number of esters is 1. The number of rotatable bonds is 8. The average Bonchev–Trinajstić information content (AvgIpc) is 3.34. The number of benzene rings is 2. The highest BCUT2D eigenvalue weighted by Crippen LogP contribution is 2.27. The third-order valence-corrected chi connectivity index (χ3v) is 5.61. The van der Waals surface area contributed by atoms with Gasteiger partial charge in [-0.25, -0.2) is 9.59 Å². The number of carbonyl (C=O) groups is 2. The molecule has 0 saturated heterocycles. The van der Waals surface area contributed by atoms with Crippen LogP contribution in [0.1, 0.15) is 47.2 Å². The van der Waals surface area contributed by atoms with E-state index in [9.17, 15) is 14.8 Å². The third-order valence-electron chi connectivity index (χ3n) is 5.61. The van der Waals surface area contributed by atoms with Crippen molar-refractivity contribution in [1.29, 1.82) is 0 Å². The van der Waals surface area contributed by atoms with Crippen LogP contribution in [0.2, 0.25) is 0 Å². The summed E-state index contributed by atoms with van der Waals surface area (Å²) in [5, 5.41) is 19.1.